The molecular weight excluding hydrogens is 296 g/mol. The number of nitrogens with two attached hydrogens (primary N) is 1. The zero-order valence-electron chi connectivity index (χ0n) is 11.1. The predicted molar refractivity (Wildman–Crippen MR) is 70.5 cm³/mol. The van der Waals surface area contributed by atoms with Crippen molar-refractivity contribution in [2.75, 3.05) is 32.5 Å². The lowest BCUT2D eigenvalue weighted by molar-refractivity contribution is -0.113. The van der Waals surface area contributed by atoms with E-state index in [0.717, 1.165) is 0 Å². The van der Waals surface area contributed by atoms with Crippen molar-refractivity contribution in [1.29, 1.82) is 0 Å². The van der Waals surface area contributed by atoms with Crippen molar-refractivity contribution in [3.8, 4) is 0 Å². The fourth-order valence-electron chi connectivity index (χ4n) is 1.04. The monoisotopic (exact) mass is 320 g/mol. The topological polar surface area (TPSA) is 194 Å². The maximum Gasteiger partial charge on any atom is 0.266 e. The minimum absolute atomic E-state index is 0.0289. The summed E-state index contributed by atoms with van der Waals surface area (Å²) < 4.78 is 27.3. The van der Waals surface area contributed by atoms with Gasteiger partial charge in [-0.15, -0.1) is 0 Å². The zero-order chi connectivity index (χ0) is 16.3. The second kappa shape index (κ2) is 11.3. The van der Waals surface area contributed by atoms with E-state index >= 15 is 0 Å². The van der Waals surface area contributed by atoms with Crippen LogP contribution < -0.4 is 11.1 Å². The maximum absolute atomic E-state index is 9.71. The lowest BCUT2D eigenvalue weighted by Crippen LogP contribution is -2.48. The van der Waals surface area contributed by atoms with Gasteiger partial charge in [0.15, 0.2) is 0 Å². The van der Waals surface area contributed by atoms with Crippen LogP contribution in [-0.2, 0) is 10.1 Å². The largest absolute Gasteiger partial charge is 0.394 e. The number of rotatable bonds is 8. The highest BCUT2D eigenvalue weighted by Gasteiger charge is 2.29. The zero-order valence-corrected chi connectivity index (χ0v) is 11.9. The molecule has 0 spiro atoms. The highest BCUT2D eigenvalue weighted by molar-refractivity contribution is 7.85. The summed E-state index contributed by atoms with van der Waals surface area (Å²) in [6.07, 6.45) is -5.65. The Morgan fingerprint density at radius 3 is 1.80 bits per heavy atom. The van der Waals surface area contributed by atoms with Gasteiger partial charge < -0.3 is 36.6 Å². The molecule has 0 heterocycles. The Bertz CT molecular complexity index is 326. The Balaban J connectivity index is 0. The van der Waals surface area contributed by atoms with Gasteiger partial charge >= 0.3 is 0 Å². The van der Waals surface area contributed by atoms with Gasteiger partial charge in [-0.05, 0) is 7.05 Å². The van der Waals surface area contributed by atoms with Crippen molar-refractivity contribution >= 4 is 10.1 Å². The van der Waals surface area contributed by atoms with E-state index in [2.05, 4.69) is 5.32 Å². The molecule has 20 heavy (non-hydrogen) atoms. The first-order chi connectivity index (χ1) is 9.10. The van der Waals surface area contributed by atoms with Gasteiger partial charge in [0.05, 0.1) is 18.5 Å². The molecule has 9 N–H and O–H groups in total. The van der Waals surface area contributed by atoms with Crippen LogP contribution in [0.5, 0.6) is 0 Å². The van der Waals surface area contributed by atoms with Crippen molar-refractivity contribution in [2.24, 2.45) is 5.73 Å². The fourth-order valence-corrected chi connectivity index (χ4v) is 1.34. The molecule has 0 aliphatic carbocycles. The van der Waals surface area contributed by atoms with E-state index in [1.165, 1.54) is 0 Å². The molecule has 0 aromatic rings. The van der Waals surface area contributed by atoms with Crippen LogP contribution in [-0.4, -0.2) is 95.4 Å². The summed E-state index contributed by atoms with van der Waals surface area (Å²) in [4.78, 5) is 0. The van der Waals surface area contributed by atoms with Gasteiger partial charge in [0.1, 0.15) is 18.3 Å². The number of hydrogen-bond acceptors (Lipinski definition) is 9. The predicted octanol–water partition coefficient (Wildman–Crippen LogP) is -4.53. The SMILES string of the molecule is CNC[C@H](O)[C@@H](O)[C@H](O)[C@H](O)CO.NCCS(=O)(=O)O. The smallest absolute Gasteiger partial charge is 0.266 e. The Morgan fingerprint density at radius 1 is 1.10 bits per heavy atom. The van der Waals surface area contributed by atoms with Gasteiger partial charge in [-0.1, -0.05) is 0 Å². The van der Waals surface area contributed by atoms with Crippen LogP contribution in [0.4, 0.5) is 0 Å². The highest BCUT2D eigenvalue weighted by atomic mass is 32.2. The van der Waals surface area contributed by atoms with E-state index in [1.807, 2.05) is 0 Å². The number of aliphatic hydroxyl groups is 5. The Kier molecular flexibility index (Phi) is 12.4. The number of hydrogen-bond donors (Lipinski definition) is 8. The van der Waals surface area contributed by atoms with E-state index < -0.39 is 41.1 Å². The Hall–Kier alpha value is -0.370. The fraction of sp³-hybridized carbons (Fsp3) is 1.00. The van der Waals surface area contributed by atoms with Crippen LogP contribution in [0.3, 0.4) is 0 Å². The molecule has 0 aromatic heterocycles. The standard InChI is InChI=1S/C7H17NO5.C2H7NO3S/c1-8-2-4(10)6(12)7(13)5(11)3-9;3-1-2-7(4,5)6/h4-13H,2-3H2,1H3;1-3H2,(H,4,5,6)/t4-,5+,6+,7+;/m0./s1. The molecule has 0 rings (SSSR count). The molecule has 0 fully saturated rings. The normalized spacial score (nSPS) is 17.6. The molecule has 4 atom stereocenters. The van der Waals surface area contributed by atoms with Crippen molar-refractivity contribution in [3.05, 3.63) is 0 Å². The molecule has 0 aliphatic heterocycles. The highest BCUT2D eigenvalue weighted by Crippen LogP contribution is 2.04. The molecule has 0 radical (unpaired) electrons. The molecule has 11 heteroatoms. The number of aliphatic hydroxyl groups excluding tert-OH is 5. The molecular formula is C9H24N2O8S. The lowest BCUT2D eigenvalue weighted by Gasteiger charge is -2.25. The first-order valence-corrected chi connectivity index (χ1v) is 7.34. The van der Waals surface area contributed by atoms with Crippen molar-refractivity contribution in [2.45, 2.75) is 24.4 Å². The molecule has 10 nitrogen and oxygen atoms in total. The summed E-state index contributed by atoms with van der Waals surface area (Å²) in [6.45, 7) is -0.598. The first kappa shape index (κ1) is 21.9. The van der Waals surface area contributed by atoms with Crippen LogP contribution in [0.1, 0.15) is 0 Å². The average Bonchev–Trinajstić information content (AvgIpc) is 2.35. The van der Waals surface area contributed by atoms with Gasteiger partial charge in [-0.2, -0.15) is 8.42 Å². The van der Waals surface area contributed by atoms with Gasteiger partial charge in [-0.3, -0.25) is 4.55 Å². The second-order valence-electron chi connectivity index (χ2n) is 3.93. The van der Waals surface area contributed by atoms with E-state index in [4.69, 9.17) is 30.7 Å². The molecule has 0 aliphatic rings. The second-order valence-corrected chi connectivity index (χ2v) is 5.50. The molecule has 0 unspecified atom stereocenters. The van der Waals surface area contributed by atoms with Gasteiger partial charge in [0, 0.05) is 13.1 Å². The third-order valence-electron chi connectivity index (χ3n) is 2.11. The average molecular weight is 320 g/mol. The quantitative estimate of drug-likeness (QED) is 0.202. The number of likely N-dealkylation sites (N-methyl/N-ethyl adjacent to an activating group) is 1. The van der Waals surface area contributed by atoms with E-state index in [0.29, 0.717) is 0 Å². The summed E-state index contributed by atoms with van der Waals surface area (Å²) in [5.41, 5.74) is 4.78. The first-order valence-electron chi connectivity index (χ1n) is 5.73. The van der Waals surface area contributed by atoms with Crippen molar-refractivity contribution in [1.82, 2.24) is 5.32 Å². The minimum Gasteiger partial charge on any atom is -0.394 e. The van der Waals surface area contributed by atoms with Gasteiger partial charge in [0.25, 0.3) is 10.1 Å². The molecule has 0 amide bonds. The van der Waals surface area contributed by atoms with Crippen molar-refractivity contribution < 1.29 is 38.5 Å². The molecule has 0 bridgehead atoms. The van der Waals surface area contributed by atoms with Crippen LogP contribution in [0, 0.1) is 0 Å². The Morgan fingerprint density at radius 2 is 1.55 bits per heavy atom. The summed E-state index contributed by atoms with van der Waals surface area (Å²) in [5.74, 6) is -0.354. The van der Waals surface area contributed by atoms with Crippen LogP contribution in [0.15, 0.2) is 0 Å². The van der Waals surface area contributed by atoms with Crippen LogP contribution in [0.2, 0.25) is 0 Å². The summed E-state index contributed by atoms with van der Waals surface area (Å²) in [6, 6.07) is 0. The summed E-state index contributed by atoms with van der Waals surface area (Å²) >= 11 is 0. The summed E-state index contributed by atoms with van der Waals surface area (Å²) in [5, 5.41) is 47.5. The van der Waals surface area contributed by atoms with E-state index in [-0.39, 0.29) is 18.8 Å². The Labute approximate surface area is 117 Å². The summed E-state index contributed by atoms with van der Waals surface area (Å²) in [7, 11) is -2.22. The third kappa shape index (κ3) is 11.5. The van der Waals surface area contributed by atoms with Crippen molar-refractivity contribution in [3.63, 3.8) is 0 Å². The van der Waals surface area contributed by atoms with Gasteiger partial charge in [-0.25, -0.2) is 0 Å². The minimum atomic E-state index is -3.80. The van der Waals surface area contributed by atoms with Crippen LogP contribution in [0.25, 0.3) is 0 Å². The van der Waals surface area contributed by atoms with E-state index in [1.54, 1.807) is 7.05 Å². The molecule has 0 saturated carbocycles. The van der Waals surface area contributed by atoms with Gasteiger partial charge in [0.2, 0.25) is 0 Å². The van der Waals surface area contributed by atoms with Crippen LogP contribution >= 0.6 is 0 Å². The third-order valence-corrected chi connectivity index (χ3v) is 2.87. The molecule has 0 saturated heterocycles. The lowest BCUT2D eigenvalue weighted by atomic mass is 10.0. The molecule has 124 valence electrons. The molecule has 0 aromatic carbocycles. The van der Waals surface area contributed by atoms with E-state index in [9.17, 15) is 13.5 Å². The maximum atomic E-state index is 9.71. The number of nitrogens with one attached hydrogen (secondary N) is 1.